The first kappa shape index (κ1) is 27.5. The molecule has 0 unspecified atom stereocenters. The molecule has 49 heavy (non-hydrogen) atoms. The van der Waals surface area contributed by atoms with Gasteiger partial charge in [0.15, 0.2) is 5.58 Å². The molecule has 0 fully saturated rings. The van der Waals surface area contributed by atoms with Crippen molar-refractivity contribution < 1.29 is 4.42 Å². The first-order valence-electron chi connectivity index (χ1n) is 16.7. The zero-order chi connectivity index (χ0) is 32.3. The summed E-state index contributed by atoms with van der Waals surface area (Å²) < 4.78 is 9.17. The van der Waals surface area contributed by atoms with Crippen molar-refractivity contribution in [3.63, 3.8) is 0 Å². The highest BCUT2D eigenvalue weighted by Gasteiger charge is 2.24. The van der Waals surface area contributed by atoms with E-state index >= 15 is 0 Å². The molecule has 0 aliphatic carbocycles. The van der Waals surface area contributed by atoms with E-state index < -0.39 is 0 Å². The van der Waals surface area contributed by atoms with Gasteiger partial charge in [-0.05, 0) is 77.2 Å². The Hall–Kier alpha value is -6.58. The van der Waals surface area contributed by atoms with Crippen LogP contribution in [-0.2, 0) is 0 Å². The second-order valence-corrected chi connectivity index (χ2v) is 12.6. The molecule has 3 heteroatoms. The van der Waals surface area contributed by atoms with Crippen LogP contribution in [0.25, 0.3) is 71.3 Å². The fourth-order valence-electron chi connectivity index (χ4n) is 7.54. The molecule has 0 amide bonds. The maximum atomic E-state index is 6.80. The highest BCUT2D eigenvalue weighted by Crippen LogP contribution is 2.48. The molecule has 0 atom stereocenters. The van der Waals surface area contributed by atoms with E-state index in [1.807, 2.05) is 6.07 Å². The minimum atomic E-state index is 0.872. The molecule has 0 bridgehead atoms. The number of furan rings is 1. The molecule has 0 aliphatic rings. The van der Waals surface area contributed by atoms with Crippen molar-refractivity contribution in [2.45, 2.75) is 0 Å². The SMILES string of the molecule is c1ccc(-c2cccc(N(c3ccc4c(c3)c3ccccc3n4-c3ccccc3)c3c4ccccc4cc4c3oc3ccccc34)c2)cc1. The average molecular weight is 627 g/mol. The Kier molecular flexibility index (Phi) is 6.18. The Balaban J connectivity index is 1.31. The summed E-state index contributed by atoms with van der Waals surface area (Å²) in [6, 6.07) is 64.9. The molecular formula is C46H30N2O. The van der Waals surface area contributed by atoms with Gasteiger partial charge in [0.1, 0.15) is 5.58 Å². The van der Waals surface area contributed by atoms with Crippen molar-refractivity contribution >= 4 is 71.6 Å². The van der Waals surface area contributed by atoms with Crippen molar-refractivity contribution in [1.29, 1.82) is 0 Å². The van der Waals surface area contributed by atoms with Gasteiger partial charge >= 0.3 is 0 Å². The van der Waals surface area contributed by atoms with Gasteiger partial charge in [-0.3, -0.25) is 0 Å². The lowest BCUT2D eigenvalue weighted by Gasteiger charge is -2.27. The summed E-state index contributed by atoms with van der Waals surface area (Å²) >= 11 is 0. The molecule has 0 saturated carbocycles. The third-order valence-electron chi connectivity index (χ3n) is 9.73. The van der Waals surface area contributed by atoms with Gasteiger partial charge in [-0.25, -0.2) is 0 Å². The van der Waals surface area contributed by atoms with Gasteiger partial charge in [-0.15, -0.1) is 0 Å². The van der Waals surface area contributed by atoms with E-state index in [2.05, 4.69) is 185 Å². The van der Waals surface area contributed by atoms with Crippen LogP contribution in [0.4, 0.5) is 17.1 Å². The van der Waals surface area contributed by atoms with Gasteiger partial charge in [0.25, 0.3) is 0 Å². The number of rotatable bonds is 5. The van der Waals surface area contributed by atoms with E-state index in [1.165, 1.54) is 32.8 Å². The van der Waals surface area contributed by atoms with E-state index in [9.17, 15) is 0 Å². The molecular weight excluding hydrogens is 597 g/mol. The second-order valence-electron chi connectivity index (χ2n) is 12.6. The monoisotopic (exact) mass is 626 g/mol. The number of para-hydroxylation sites is 3. The zero-order valence-corrected chi connectivity index (χ0v) is 26.6. The summed E-state index contributed by atoms with van der Waals surface area (Å²) in [5, 5.41) is 6.93. The number of fused-ring (bicyclic) bond motifs is 7. The van der Waals surface area contributed by atoms with Gasteiger partial charge in [0, 0.05) is 44.0 Å². The van der Waals surface area contributed by atoms with Crippen LogP contribution < -0.4 is 4.90 Å². The van der Waals surface area contributed by atoms with Gasteiger partial charge in [-0.2, -0.15) is 0 Å². The van der Waals surface area contributed by atoms with Crippen LogP contribution in [0.5, 0.6) is 0 Å². The molecule has 0 aliphatic heterocycles. The molecule has 2 heterocycles. The number of nitrogens with zero attached hydrogens (tertiary/aromatic N) is 2. The van der Waals surface area contributed by atoms with Crippen LogP contribution >= 0.6 is 0 Å². The zero-order valence-electron chi connectivity index (χ0n) is 26.6. The molecule has 0 radical (unpaired) electrons. The Bertz CT molecular complexity index is 2830. The van der Waals surface area contributed by atoms with Crippen LogP contribution in [0, 0.1) is 0 Å². The lowest BCUT2D eigenvalue weighted by Crippen LogP contribution is -2.11. The van der Waals surface area contributed by atoms with Gasteiger partial charge < -0.3 is 13.9 Å². The first-order valence-corrected chi connectivity index (χ1v) is 16.7. The minimum absolute atomic E-state index is 0.872. The molecule has 8 aromatic carbocycles. The maximum absolute atomic E-state index is 6.80. The number of hydrogen-bond acceptors (Lipinski definition) is 2. The summed E-state index contributed by atoms with van der Waals surface area (Å²) in [6.45, 7) is 0. The first-order chi connectivity index (χ1) is 24.3. The lowest BCUT2D eigenvalue weighted by atomic mass is 10.0. The van der Waals surface area contributed by atoms with Crippen molar-refractivity contribution in [3.05, 3.63) is 182 Å². The standard InChI is InChI=1S/C46H30N2O/c1-3-14-31(15-4-1)32-17-13-20-35(28-32)47(45-37-21-8-7-16-33(37)29-41-39-23-10-12-25-44(39)49-46(41)45)36-26-27-43-40(30-36)38-22-9-11-24-42(38)48(43)34-18-5-2-6-19-34/h1-30H. The Morgan fingerprint density at radius 3 is 1.92 bits per heavy atom. The third kappa shape index (κ3) is 4.37. The highest BCUT2D eigenvalue weighted by molar-refractivity contribution is 6.20. The quantitative estimate of drug-likeness (QED) is 0.190. The molecule has 0 N–H and O–H groups in total. The summed E-state index contributed by atoms with van der Waals surface area (Å²) in [5.41, 5.74) is 10.7. The van der Waals surface area contributed by atoms with Gasteiger partial charge in [0.2, 0.25) is 0 Å². The van der Waals surface area contributed by atoms with Crippen molar-refractivity contribution in [2.75, 3.05) is 4.90 Å². The van der Waals surface area contributed by atoms with Crippen LogP contribution in [0.3, 0.4) is 0 Å². The van der Waals surface area contributed by atoms with Gasteiger partial charge in [-0.1, -0.05) is 121 Å². The maximum Gasteiger partial charge on any atom is 0.160 e. The molecule has 10 aromatic rings. The second kappa shape index (κ2) is 11.0. The van der Waals surface area contributed by atoms with E-state index in [-0.39, 0.29) is 0 Å². The summed E-state index contributed by atoms with van der Waals surface area (Å²) in [5.74, 6) is 0. The molecule has 10 rings (SSSR count). The number of hydrogen-bond donors (Lipinski definition) is 0. The van der Waals surface area contributed by atoms with Crippen LogP contribution in [0.15, 0.2) is 186 Å². The fraction of sp³-hybridized carbons (Fsp3) is 0. The molecule has 230 valence electrons. The van der Waals surface area contributed by atoms with E-state index in [4.69, 9.17) is 4.42 Å². The van der Waals surface area contributed by atoms with Crippen molar-refractivity contribution in [1.82, 2.24) is 4.57 Å². The number of anilines is 3. The topological polar surface area (TPSA) is 21.3 Å². The van der Waals surface area contributed by atoms with E-state index in [0.717, 1.165) is 55.6 Å². The third-order valence-corrected chi connectivity index (χ3v) is 9.73. The Morgan fingerprint density at radius 2 is 1.06 bits per heavy atom. The van der Waals surface area contributed by atoms with Crippen LogP contribution in [0.2, 0.25) is 0 Å². The predicted molar refractivity (Wildman–Crippen MR) is 206 cm³/mol. The predicted octanol–water partition coefficient (Wildman–Crippen LogP) is 13.0. The Morgan fingerprint density at radius 1 is 0.408 bits per heavy atom. The minimum Gasteiger partial charge on any atom is -0.454 e. The number of benzene rings is 8. The normalized spacial score (nSPS) is 11.7. The van der Waals surface area contributed by atoms with Crippen LogP contribution in [0.1, 0.15) is 0 Å². The van der Waals surface area contributed by atoms with Gasteiger partial charge in [0.05, 0.1) is 16.7 Å². The van der Waals surface area contributed by atoms with Crippen LogP contribution in [-0.4, -0.2) is 4.57 Å². The summed E-state index contributed by atoms with van der Waals surface area (Å²) in [7, 11) is 0. The highest BCUT2D eigenvalue weighted by atomic mass is 16.3. The van der Waals surface area contributed by atoms with E-state index in [0.29, 0.717) is 0 Å². The van der Waals surface area contributed by atoms with Crippen molar-refractivity contribution in [3.8, 4) is 16.8 Å². The van der Waals surface area contributed by atoms with E-state index in [1.54, 1.807) is 0 Å². The molecule has 0 saturated heterocycles. The summed E-state index contributed by atoms with van der Waals surface area (Å²) in [6.07, 6.45) is 0. The molecule has 3 nitrogen and oxygen atoms in total. The Labute approximate surface area is 283 Å². The fourth-order valence-corrected chi connectivity index (χ4v) is 7.54. The largest absolute Gasteiger partial charge is 0.454 e. The average Bonchev–Trinajstić information content (AvgIpc) is 3.71. The molecule has 2 aromatic heterocycles. The lowest BCUT2D eigenvalue weighted by molar-refractivity contribution is 0.669. The number of aromatic nitrogens is 1. The smallest absolute Gasteiger partial charge is 0.160 e. The van der Waals surface area contributed by atoms with Crippen molar-refractivity contribution in [2.24, 2.45) is 0 Å². The molecule has 0 spiro atoms. The summed E-state index contributed by atoms with van der Waals surface area (Å²) in [4.78, 5) is 2.40.